The number of nitrogens with zero attached hydrogens (tertiary/aromatic N) is 3. The van der Waals surface area contributed by atoms with Crippen LogP contribution in [0.5, 0.6) is 0 Å². The van der Waals surface area contributed by atoms with Gasteiger partial charge in [-0.05, 0) is 32.9 Å². The van der Waals surface area contributed by atoms with Gasteiger partial charge in [-0.15, -0.1) is 0 Å². The second-order valence-corrected chi connectivity index (χ2v) is 5.72. The third-order valence-corrected chi connectivity index (χ3v) is 3.91. The van der Waals surface area contributed by atoms with E-state index in [4.69, 9.17) is 0 Å². The van der Waals surface area contributed by atoms with E-state index < -0.39 is 23.3 Å². The highest BCUT2D eigenvalue weighted by molar-refractivity contribution is 5.95. The highest BCUT2D eigenvalue weighted by Gasteiger charge is 2.39. The fourth-order valence-corrected chi connectivity index (χ4v) is 2.69. The summed E-state index contributed by atoms with van der Waals surface area (Å²) in [5.41, 5.74) is -1.57. The van der Waals surface area contributed by atoms with E-state index in [0.717, 1.165) is 36.8 Å². The number of piperidine rings is 1. The Morgan fingerprint density at radius 1 is 1.36 bits per heavy atom. The summed E-state index contributed by atoms with van der Waals surface area (Å²) in [6.07, 6.45) is -0.0748. The molecule has 5 nitrogen and oxygen atoms in total. The van der Waals surface area contributed by atoms with Crippen LogP contribution in [0.3, 0.4) is 0 Å². The number of rotatable bonds is 4. The Balaban J connectivity index is 1.97. The summed E-state index contributed by atoms with van der Waals surface area (Å²) in [5, 5.41) is 5.93. The van der Waals surface area contributed by atoms with E-state index in [9.17, 15) is 18.0 Å². The maximum atomic E-state index is 12.8. The lowest BCUT2D eigenvalue weighted by Crippen LogP contribution is -2.44. The van der Waals surface area contributed by atoms with Gasteiger partial charge in [-0.2, -0.15) is 18.3 Å². The summed E-state index contributed by atoms with van der Waals surface area (Å²) in [6, 6.07) is 0.107. The molecule has 1 aromatic heterocycles. The molecule has 1 aliphatic rings. The predicted octanol–water partition coefficient (Wildman–Crippen LogP) is 2.04. The molecule has 1 aromatic rings. The summed E-state index contributed by atoms with van der Waals surface area (Å²) in [5.74, 6) is -0.732. The average molecular weight is 318 g/mol. The zero-order chi connectivity index (χ0) is 16.3. The molecule has 1 N–H and O–H groups in total. The number of halogens is 3. The quantitative estimate of drug-likeness (QED) is 0.924. The van der Waals surface area contributed by atoms with Crippen molar-refractivity contribution in [3.63, 3.8) is 0 Å². The molecule has 1 amide bonds. The Hall–Kier alpha value is -1.57. The topological polar surface area (TPSA) is 50.2 Å². The maximum Gasteiger partial charge on any atom is 0.435 e. The predicted molar refractivity (Wildman–Crippen MR) is 75.4 cm³/mol. The second-order valence-electron chi connectivity index (χ2n) is 5.72. The number of nitrogens with one attached hydrogen (secondary N) is 1. The van der Waals surface area contributed by atoms with E-state index in [1.54, 1.807) is 0 Å². The number of alkyl halides is 3. The average Bonchev–Trinajstić information content (AvgIpc) is 2.87. The molecule has 0 aliphatic carbocycles. The van der Waals surface area contributed by atoms with Crippen molar-refractivity contribution in [3.8, 4) is 0 Å². The molecule has 124 valence electrons. The van der Waals surface area contributed by atoms with Gasteiger partial charge in [-0.3, -0.25) is 14.4 Å². The van der Waals surface area contributed by atoms with Crippen LogP contribution in [0, 0.1) is 0 Å². The van der Waals surface area contributed by atoms with Crippen LogP contribution in [0.25, 0.3) is 0 Å². The van der Waals surface area contributed by atoms with Crippen LogP contribution in [0.2, 0.25) is 0 Å². The summed E-state index contributed by atoms with van der Waals surface area (Å²) in [4.78, 5) is 14.3. The monoisotopic (exact) mass is 318 g/mol. The van der Waals surface area contributed by atoms with Crippen molar-refractivity contribution in [3.05, 3.63) is 17.5 Å². The van der Waals surface area contributed by atoms with Gasteiger partial charge < -0.3 is 5.32 Å². The van der Waals surface area contributed by atoms with Crippen LogP contribution in [-0.2, 0) is 13.2 Å². The highest BCUT2D eigenvalue weighted by atomic mass is 19.4. The molecule has 1 fully saturated rings. The van der Waals surface area contributed by atoms with Crippen LogP contribution in [0.15, 0.2) is 6.20 Å². The van der Waals surface area contributed by atoms with Crippen molar-refractivity contribution in [2.75, 3.05) is 19.6 Å². The number of aryl methyl sites for hydroxylation is 1. The first-order valence-electron chi connectivity index (χ1n) is 7.42. The van der Waals surface area contributed by atoms with Crippen molar-refractivity contribution < 1.29 is 18.0 Å². The first kappa shape index (κ1) is 16.8. The number of hydrogen-bond donors (Lipinski definition) is 1. The number of aromatic nitrogens is 2. The summed E-state index contributed by atoms with van der Waals surface area (Å²) in [7, 11) is 1.36. The van der Waals surface area contributed by atoms with Crippen molar-refractivity contribution in [1.82, 2.24) is 20.0 Å². The van der Waals surface area contributed by atoms with Crippen LogP contribution < -0.4 is 5.32 Å². The normalized spacial score (nSPS) is 18.2. The van der Waals surface area contributed by atoms with Gasteiger partial charge in [0.2, 0.25) is 0 Å². The van der Waals surface area contributed by atoms with Gasteiger partial charge in [0.05, 0.1) is 5.56 Å². The molecule has 0 saturated carbocycles. The molecule has 2 heterocycles. The number of hydrogen-bond acceptors (Lipinski definition) is 3. The standard InChI is InChI=1S/C14H21F3N4O/c1-10(21-6-4-3-5-7-21)8-18-13(22)11-9-20(2)19-12(11)14(15,16)17/h9-10H,3-8H2,1-2H3,(H,18,22). The van der Waals surface area contributed by atoms with Gasteiger partial charge in [-0.25, -0.2) is 0 Å². The molecular formula is C14H21F3N4O. The molecule has 8 heteroatoms. The Morgan fingerprint density at radius 2 is 2.00 bits per heavy atom. The third-order valence-electron chi connectivity index (χ3n) is 3.91. The molecule has 1 unspecified atom stereocenters. The van der Waals surface area contributed by atoms with Gasteiger partial charge in [0.1, 0.15) is 0 Å². The lowest BCUT2D eigenvalue weighted by atomic mass is 10.1. The van der Waals surface area contributed by atoms with Gasteiger partial charge in [-0.1, -0.05) is 6.42 Å². The minimum absolute atomic E-state index is 0.107. The molecule has 0 spiro atoms. The Morgan fingerprint density at radius 3 is 2.59 bits per heavy atom. The van der Waals surface area contributed by atoms with Gasteiger partial charge in [0.15, 0.2) is 5.69 Å². The molecule has 2 rings (SSSR count). The van der Waals surface area contributed by atoms with E-state index >= 15 is 0 Å². The number of amides is 1. The maximum absolute atomic E-state index is 12.8. The van der Waals surface area contributed by atoms with E-state index in [1.165, 1.54) is 13.5 Å². The molecule has 22 heavy (non-hydrogen) atoms. The molecule has 1 atom stereocenters. The van der Waals surface area contributed by atoms with Crippen LogP contribution in [-0.4, -0.2) is 46.3 Å². The summed E-state index contributed by atoms with van der Waals surface area (Å²) >= 11 is 0. The van der Waals surface area contributed by atoms with Crippen LogP contribution in [0.1, 0.15) is 42.2 Å². The third kappa shape index (κ3) is 4.00. The fraction of sp³-hybridized carbons (Fsp3) is 0.714. The minimum atomic E-state index is -4.63. The molecular weight excluding hydrogens is 297 g/mol. The summed E-state index contributed by atoms with van der Waals surface area (Å²) < 4.78 is 39.5. The van der Waals surface area contributed by atoms with Gasteiger partial charge in [0.25, 0.3) is 5.91 Å². The van der Waals surface area contributed by atoms with Gasteiger partial charge >= 0.3 is 6.18 Å². The number of carbonyl (C=O) groups excluding carboxylic acids is 1. The van der Waals surface area contributed by atoms with E-state index in [2.05, 4.69) is 15.3 Å². The van der Waals surface area contributed by atoms with Crippen LogP contribution in [0.4, 0.5) is 13.2 Å². The Labute approximate surface area is 127 Å². The Kier molecular flexibility index (Phi) is 5.10. The lowest BCUT2D eigenvalue weighted by Gasteiger charge is -2.32. The zero-order valence-electron chi connectivity index (χ0n) is 12.8. The van der Waals surface area contributed by atoms with Crippen LogP contribution >= 0.6 is 0 Å². The number of likely N-dealkylation sites (tertiary alicyclic amines) is 1. The van der Waals surface area contributed by atoms with E-state index in [-0.39, 0.29) is 6.04 Å². The first-order chi connectivity index (χ1) is 10.3. The Bertz CT molecular complexity index is 521. The zero-order valence-corrected chi connectivity index (χ0v) is 12.8. The van der Waals surface area contributed by atoms with E-state index in [0.29, 0.717) is 6.54 Å². The molecule has 0 bridgehead atoms. The molecule has 0 radical (unpaired) electrons. The number of carbonyl (C=O) groups is 1. The lowest BCUT2D eigenvalue weighted by molar-refractivity contribution is -0.141. The van der Waals surface area contributed by atoms with Crippen molar-refractivity contribution in [2.24, 2.45) is 7.05 Å². The van der Waals surface area contributed by atoms with Crippen molar-refractivity contribution in [1.29, 1.82) is 0 Å². The van der Waals surface area contributed by atoms with Crippen molar-refractivity contribution >= 4 is 5.91 Å². The molecule has 1 aliphatic heterocycles. The fourth-order valence-electron chi connectivity index (χ4n) is 2.69. The first-order valence-corrected chi connectivity index (χ1v) is 7.42. The largest absolute Gasteiger partial charge is 0.435 e. The highest BCUT2D eigenvalue weighted by Crippen LogP contribution is 2.30. The smallest absolute Gasteiger partial charge is 0.350 e. The SMILES string of the molecule is CC(CNC(=O)c1cn(C)nc1C(F)(F)F)N1CCCCC1. The minimum Gasteiger partial charge on any atom is -0.350 e. The van der Waals surface area contributed by atoms with Gasteiger partial charge in [0, 0.05) is 25.8 Å². The summed E-state index contributed by atoms with van der Waals surface area (Å²) in [6.45, 7) is 4.24. The van der Waals surface area contributed by atoms with E-state index in [1.807, 2.05) is 6.92 Å². The molecule has 1 saturated heterocycles. The molecule has 0 aromatic carbocycles. The second kappa shape index (κ2) is 6.68. The van der Waals surface area contributed by atoms with Crippen molar-refractivity contribution in [2.45, 2.75) is 38.4 Å².